The molecule has 2 rings (SSSR count). The fourth-order valence-corrected chi connectivity index (χ4v) is 3.11. The SMILES string of the molecule is CCC1CN(C(=O)C2CCCC(F)(F)C2)CCC1=O. The zero-order valence-corrected chi connectivity index (χ0v) is 11.3. The van der Waals surface area contributed by atoms with Crippen molar-refractivity contribution in [2.45, 2.75) is 51.4 Å². The maximum Gasteiger partial charge on any atom is 0.248 e. The van der Waals surface area contributed by atoms with Crippen LogP contribution >= 0.6 is 0 Å². The minimum absolute atomic E-state index is 0.104. The molecule has 2 fully saturated rings. The lowest BCUT2D eigenvalue weighted by atomic mass is 9.84. The number of hydrogen-bond donors (Lipinski definition) is 0. The van der Waals surface area contributed by atoms with Crippen LogP contribution in [0.5, 0.6) is 0 Å². The van der Waals surface area contributed by atoms with E-state index in [1.807, 2.05) is 6.92 Å². The van der Waals surface area contributed by atoms with Gasteiger partial charge in [-0.25, -0.2) is 8.78 Å². The molecule has 0 spiro atoms. The summed E-state index contributed by atoms with van der Waals surface area (Å²) in [7, 11) is 0. The van der Waals surface area contributed by atoms with Gasteiger partial charge in [0, 0.05) is 44.2 Å². The highest BCUT2D eigenvalue weighted by molar-refractivity contribution is 5.86. The standard InChI is InChI=1S/C14H21F2NO2/c1-2-10-9-17(7-5-12(10)18)13(19)11-4-3-6-14(15,16)8-11/h10-11H,2-9H2,1H3. The van der Waals surface area contributed by atoms with Crippen molar-refractivity contribution >= 4 is 11.7 Å². The van der Waals surface area contributed by atoms with Gasteiger partial charge in [-0.1, -0.05) is 6.92 Å². The summed E-state index contributed by atoms with van der Waals surface area (Å²) >= 11 is 0. The average molecular weight is 273 g/mol. The summed E-state index contributed by atoms with van der Waals surface area (Å²) in [6.07, 6.45) is 1.61. The Labute approximate surface area is 112 Å². The number of piperidine rings is 1. The molecule has 0 aromatic rings. The van der Waals surface area contributed by atoms with E-state index < -0.39 is 11.8 Å². The lowest BCUT2D eigenvalue weighted by molar-refractivity contribution is -0.146. The smallest absolute Gasteiger partial charge is 0.248 e. The van der Waals surface area contributed by atoms with Crippen LogP contribution in [0, 0.1) is 11.8 Å². The Hall–Kier alpha value is -1.00. The minimum atomic E-state index is -2.70. The highest BCUT2D eigenvalue weighted by Crippen LogP contribution is 2.37. The molecule has 1 aliphatic heterocycles. The molecule has 0 aromatic carbocycles. The van der Waals surface area contributed by atoms with E-state index in [2.05, 4.69) is 0 Å². The van der Waals surface area contributed by atoms with Crippen molar-refractivity contribution in [2.75, 3.05) is 13.1 Å². The van der Waals surface area contributed by atoms with Crippen LogP contribution in [-0.2, 0) is 9.59 Å². The third-order valence-corrected chi connectivity index (χ3v) is 4.32. The van der Waals surface area contributed by atoms with Gasteiger partial charge >= 0.3 is 0 Å². The van der Waals surface area contributed by atoms with Crippen LogP contribution in [0.25, 0.3) is 0 Å². The number of carbonyl (C=O) groups excluding carboxylic acids is 2. The Bertz CT molecular complexity index is 370. The van der Waals surface area contributed by atoms with E-state index in [4.69, 9.17) is 0 Å². The zero-order valence-electron chi connectivity index (χ0n) is 11.3. The van der Waals surface area contributed by atoms with Gasteiger partial charge in [0.2, 0.25) is 11.8 Å². The van der Waals surface area contributed by atoms with Gasteiger partial charge in [-0.05, 0) is 19.3 Å². The van der Waals surface area contributed by atoms with Crippen LogP contribution in [-0.4, -0.2) is 35.6 Å². The van der Waals surface area contributed by atoms with Crippen LogP contribution < -0.4 is 0 Å². The topological polar surface area (TPSA) is 37.4 Å². The van der Waals surface area contributed by atoms with Gasteiger partial charge in [-0.2, -0.15) is 0 Å². The molecule has 2 aliphatic rings. The van der Waals surface area contributed by atoms with E-state index in [0.29, 0.717) is 38.8 Å². The second-order valence-electron chi connectivity index (χ2n) is 5.75. The second-order valence-corrected chi connectivity index (χ2v) is 5.75. The summed E-state index contributed by atoms with van der Waals surface area (Å²) in [5, 5.41) is 0. The van der Waals surface area contributed by atoms with Gasteiger partial charge in [-0.15, -0.1) is 0 Å². The molecule has 1 amide bonds. The van der Waals surface area contributed by atoms with Crippen molar-refractivity contribution in [1.82, 2.24) is 4.90 Å². The predicted octanol–water partition coefficient (Wildman–Crippen LogP) is 2.64. The largest absolute Gasteiger partial charge is 0.341 e. The van der Waals surface area contributed by atoms with Crippen LogP contribution in [0.2, 0.25) is 0 Å². The first kappa shape index (κ1) is 14.4. The van der Waals surface area contributed by atoms with Crippen molar-refractivity contribution in [2.24, 2.45) is 11.8 Å². The number of hydrogen-bond acceptors (Lipinski definition) is 2. The molecule has 19 heavy (non-hydrogen) atoms. The van der Waals surface area contributed by atoms with Gasteiger partial charge in [0.15, 0.2) is 0 Å². The van der Waals surface area contributed by atoms with Crippen LogP contribution in [0.1, 0.15) is 45.4 Å². The molecule has 1 heterocycles. The Kier molecular flexibility index (Phi) is 4.21. The Morgan fingerprint density at radius 3 is 2.84 bits per heavy atom. The van der Waals surface area contributed by atoms with Crippen LogP contribution in [0.3, 0.4) is 0 Å². The van der Waals surface area contributed by atoms with Gasteiger partial charge < -0.3 is 4.90 Å². The lowest BCUT2D eigenvalue weighted by Crippen LogP contribution is -2.47. The first-order chi connectivity index (χ1) is 8.93. The van der Waals surface area contributed by atoms with E-state index in [1.165, 1.54) is 0 Å². The molecule has 0 N–H and O–H groups in total. The molecule has 2 atom stereocenters. The van der Waals surface area contributed by atoms with E-state index in [0.717, 1.165) is 0 Å². The lowest BCUT2D eigenvalue weighted by Gasteiger charge is -2.36. The molecule has 108 valence electrons. The monoisotopic (exact) mass is 273 g/mol. The number of Topliss-reactive ketones (excluding diaryl/α,β-unsaturated/α-hetero) is 1. The highest BCUT2D eigenvalue weighted by Gasteiger charge is 2.41. The summed E-state index contributed by atoms with van der Waals surface area (Å²) in [4.78, 5) is 25.5. The molecule has 1 aliphatic carbocycles. The Morgan fingerprint density at radius 1 is 1.47 bits per heavy atom. The fraction of sp³-hybridized carbons (Fsp3) is 0.857. The number of amides is 1. The third-order valence-electron chi connectivity index (χ3n) is 4.32. The number of halogens is 2. The van der Waals surface area contributed by atoms with Crippen molar-refractivity contribution in [3.8, 4) is 0 Å². The van der Waals surface area contributed by atoms with Gasteiger partial charge in [0.1, 0.15) is 5.78 Å². The van der Waals surface area contributed by atoms with Gasteiger partial charge in [0.25, 0.3) is 0 Å². The average Bonchev–Trinajstić information content (AvgIpc) is 2.37. The molecular formula is C14H21F2NO2. The van der Waals surface area contributed by atoms with Crippen molar-refractivity contribution < 1.29 is 18.4 Å². The number of likely N-dealkylation sites (tertiary alicyclic amines) is 1. The maximum atomic E-state index is 13.4. The number of carbonyl (C=O) groups is 2. The molecule has 0 bridgehead atoms. The summed E-state index contributed by atoms with van der Waals surface area (Å²) in [6, 6.07) is 0. The summed E-state index contributed by atoms with van der Waals surface area (Å²) in [5.74, 6) is -3.35. The van der Waals surface area contributed by atoms with E-state index in [1.54, 1.807) is 4.90 Å². The molecule has 5 heteroatoms. The first-order valence-electron chi connectivity index (χ1n) is 7.12. The number of ketones is 1. The number of rotatable bonds is 2. The van der Waals surface area contributed by atoms with Gasteiger partial charge in [0.05, 0.1) is 0 Å². The molecule has 0 radical (unpaired) electrons. The third kappa shape index (κ3) is 3.31. The van der Waals surface area contributed by atoms with Crippen LogP contribution in [0.4, 0.5) is 8.78 Å². The first-order valence-corrected chi connectivity index (χ1v) is 7.12. The fourth-order valence-electron chi connectivity index (χ4n) is 3.11. The number of nitrogens with zero attached hydrogens (tertiary/aromatic N) is 1. The highest BCUT2D eigenvalue weighted by atomic mass is 19.3. The molecule has 3 nitrogen and oxygen atoms in total. The van der Waals surface area contributed by atoms with Crippen molar-refractivity contribution in [3.05, 3.63) is 0 Å². The van der Waals surface area contributed by atoms with E-state index >= 15 is 0 Å². The summed E-state index contributed by atoms with van der Waals surface area (Å²) in [6.45, 7) is 2.73. The Balaban J connectivity index is 1.98. The molecule has 0 aromatic heterocycles. The normalized spacial score (nSPS) is 31.3. The predicted molar refractivity (Wildman–Crippen MR) is 66.9 cm³/mol. The number of alkyl halides is 2. The second kappa shape index (κ2) is 5.55. The maximum absolute atomic E-state index is 13.4. The minimum Gasteiger partial charge on any atom is -0.341 e. The van der Waals surface area contributed by atoms with Gasteiger partial charge in [-0.3, -0.25) is 9.59 Å². The molecular weight excluding hydrogens is 252 g/mol. The molecule has 1 saturated carbocycles. The van der Waals surface area contributed by atoms with Crippen molar-refractivity contribution in [1.29, 1.82) is 0 Å². The Morgan fingerprint density at radius 2 is 2.21 bits per heavy atom. The molecule has 1 saturated heterocycles. The van der Waals surface area contributed by atoms with Crippen LogP contribution in [0.15, 0.2) is 0 Å². The quantitative estimate of drug-likeness (QED) is 0.775. The van der Waals surface area contributed by atoms with E-state index in [-0.39, 0.29) is 30.4 Å². The van der Waals surface area contributed by atoms with E-state index in [9.17, 15) is 18.4 Å². The summed E-state index contributed by atoms with van der Waals surface area (Å²) in [5.41, 5.74) is 0. The van der Waals surface area contributed by atoms with Crippen molar-refractivity contribution in [3.63, 3.8) is 0 Å². The summed E-state index contributed by atoms with van der Waals surface area (Å²) < 4.78 is 26.7. The zero-order chi connectivity index (χ0) is 14.0. The molecule has 2 unspecified atom stereocenters.